The molecule has 2 rings (SSSR count). The number of aliphatic hydroxyl groups is 1. The van der Waals surface area contributed by atoms with Gasteiger partial charge >= 0.3 is 0 Å². The van der Waals surface area contributed by atoms with E-state index in [9.17, 15) is 15.0 Å². The third-order valence-corrected chi connectivity index (χ3v) is 3.41. The minimum Gasteiger partial charge on any atom is -0.508 e. The number of ether oxygens (including phenoxy) is 1. The van der Waals surface area contributed by atoms with E-state index in [-0.39, 0.29) is 23.6 Å². The second-order valence-electron chi connectivity index (χ2n) is 4.78. The molecular formula is C13H18N2O4. The summed E-state index contributed by atoms with van der Waals surface area (Å²) in [6.45, 7) is 0.841. The molecule has 1 amide bonds. The van der Waals surface area contributed by atoms with E-state index in [0.29, 0.717) is 26.1 Å². The van der Waals surface area contributed by atoms with Gasteiger partial charge in [0, 0.05) is 18.9 Å². The summed E-state index contributed by atoms with van der Waals surface area (Å²) in [5.74, 6) is -0.422. The molecule has 1 aromatic carbocycles. The van der Waals surface area contributed by atoms with E-state index >= 15 is 0 Å². The molecule has 19 heavy (non-hydrogen) atoms. The van der Waals surface area contributed by atoms with Crippen molar-refractivity contribution in [3.63, 3.8) is 0 Å². The second-order valence-corrected chi connectivity index (χ2v) is 4.78. The molecule has 104 valence electrons. The van der Waals surface area contributed by atoms with Crippen LogP contribution < -0.4 is 11.1 Å². The zero-order valence-electron chi connectivity index (χ0n) is 10.6. The molecule has 0 aromatic heterocycles. The van der Waals surface area contributed by atoms with Gasteiger partial charge in [0.05, 0.1) is 17.7 Å². The first kappa shape index (κ1) is 13.6. The van der Waals surface area contributed by atoms with E-state index in [4.69, 9.17) is 10.5 Å². The third kappa shape index (κ3) is 2.97. The van der Waals surface area contributed by atoms with E-state index in [1.807, 2.05) is 0 Å². The molecule has 0 unspecified atom stereocenters. The lowest BCUT2D eigenvalue weighted by Crippen LogP contribution is -2.54. The SMILES string of the molecule is Nc1ccc(O)cc1C(=O)NC1(CO)CCOCC1. The molecule has 1 aliphatic heterocycles. The molecular weight excluding hydrogens is 248 g/mol. The number of amides is 1. The fourth-order valence-electron chi connectivity index (χ4n) is 2.13. The van der Waals surface area contributed by atoms with E-state index in [2.05, 4.69) is 5.32 Å². The minimum absolute atomic E-state index is 0.0237. The molecule has 1 saturated heterocycles. The summed E-state index contributed by atoms with van der Waals surface area (Å²) in [4.78, 5) is 12.2. The number of hydrogen-bond donors (Lipinski definition) is 4. The van der Waals surface area contributed by atoms with Crippen molar-refractivity contribution in [2.24, 2.45) is 0 Å². The maximum Gasteiger partial charge on any atom is 0.254 e. The Labute approximate surface area is 111 Å². The van der Waals surface area contributed by atoms with Crippen LogP contribution in [0, 0.1) is 0 Å². The second kappa shape index (κ2) is 5.46. The topological polar surface area (TPSA) is 105 Å². The van der Waals surface area contributed by atoms with Crippen LogP contribution in [0.5, 0.6) is 5.75 Å². The smallest absolute Gasteiger partial charge is 0.254 e. The molecule has 1 fully saturated rings. The minimum atomic E-state index is -0.673. The number of phenolic OH excluding ortho intramolecular Hbond substituents is 1. The van der Waals surface area contributed by atoms with E-state index in [1.165, 1.54) is 18.2 Å². The number of aromatic hydroxyl groups is 1. The van der Waals surface area contributed by atoms with Crippen molar-refractivity contribution in [3.8, 4) is 5.75 Å². The Morgan fingerprint density at radius 2 is 2.11 bits per heavy atom. The fourth-order valence-corrected chi connectivity index (χ4v) is 2.13. The average molecular weight is 266 g/mol. The van der Waals surface area contributed by atoms with Crippen molar-refractivity contribution < 1.29 is 19.7 Å². The molecule has 0 bridgehead atoms. The van der Waals surface area contributed by atoms with Crippen LogP contribution in [-0.2, 0) is 4.74 Å². The predicted octanol–water partition coefficient (Wildman–Crippen LogP) is 0.246. The molecule has 1 heterocycles. The van der Waals surface area contributed by atoms with E-state index in [0.717, 1.165) is 0 Å². The number of carbonyl (C=O) groups is 1. The average Bonchev–Trinajstić information content (AvgIpc) is 2.42. The molecule has 1 aliphatic rings. The number of aliphatic hydroxyl groups excluding tert-OH is 1. The van der Waals surface area contributed by atoms with Gasteiger partial charge in [-0.3, -0.25) is 4.79 Å². The Morgan fingerprint density at radius 1 is 1.42 bits per heavy atom. The molecule has 1 aromatic rings. The number of nitrogens with one attached hydrogen (secondary N) is 1. The maximum absolute atomic E-state index is 12.2. The number of carbonyl (C=O) groups excluding carboxylic acids is 1. The summed E-state index contributed by atoms with van der Waals surface area (Å²) in [6.07, 6.45) is 1.10. The van der Waals surface area contributed by atoms with Crippen LogP contribution in [0.15, 0.2) is 18.2 Å². The van der Waals surface area contributed by atoms with Gasteiger partial charge in [-0.05, 0) is 31.0 Å². The van der Waals surface area contributed by atoms with Gasteiger partial charge in [0.15, 0.2) is 0 Å². The molecule has 0 aliphatic carbocycles. The first-order chi connectivity index (χ1) is 9.06. The Kier molecular flexibility index (Phi) is 3.92. The van der Waals surface area contributed by atoms with Gasteiger partial charge in [0.1, 0.15) is 5.75 Å². The van der Waals surface area contributed by atoms with E-state index < -0.39 is 11.4 Å². The molecule has 0 spiro atoms. The summed E-state index contributed by atoms with van der Waals surface area (Å²) in [6, 6.07) is 4.21. The van der Waals surface area contributed by atoms with Gasteiger partial charge in [-0.1, -0.05) is 0 Å². The quantitative estimate of drug-likeness (QED) is 0.463. The predicted molar refractivity (Wildman–Crippen MR) is 69.9 cm³/mol. The van der Waals surface area contributed by atoms with Crippen LogP contribution in [-0.4, -0.2) is 41.5 Å². The third-order valence-electron chi connectivity index (χ3n) is 3.41. The lowest BCUT2D eigenvalue weighted by Gasteiger charge is -2.36. The highest BCUT2D eigenvalue weighted by Gasteiger charge is 2.34. The molecule has 0 radical (unpaired) electrons. The van der Waals surface area contributed by atoms with Crippen LogP contribution in [0.1, 0.15) is 23.2 Å². The monoisotopic (exact) mass is 266 g/mol. The Hall–Kier alpha value is -1.79. The summed E-state index contributed by atoms with van der Waals surface area (Å²) in [5, 5.41) is 21.7. The van der Waals surface area contributed by atoms with Gasteiger partial charge in [-0.25, -0.2) is 0 Å². The van der Waals surface area contributed by atoms with Crippen LogP contribution >= 0.6 is 0 Å². The Morgan fingerprint density at radius 3 is 2.74 bits per heavy atom. The highest BCUT2D eigenvalue weighted by atomic mass is 16.5. The highest BCUT2D eigenvalue weighted by Crippen LogP contribution is 2.23. The number of nitrogen functional groups attached to an aromatic ring is 1. The van der Waals surface area contributed by atoms with Crippen LogP contribution in [0.2, 0.25) is 0 Å². The van der Waals surface area contributed by atoms with Gasteiger partial charge in [0.25, 0.3) is 5.91 Å². The summed E-state index contributed by atoms with van der Waals surface area (Å²) < 4.78 is 5.23. The summed E-state index contributed by atoms with van der Waals surface area (Å²) in [7, 11) is 0. The zero-order valence-corrected chi connectivity index (χ0v) is 10.6. The standard InChI is InChI=1S/C13H18N2O4/c14-11-2-1-9(17)7-10(11)12(18)15-13(8-16)3-5-19-6-4-13/h1-2,7,16-17H,3-6,8,14H2,(H,15,18). The van der Waals surface area contributed by atoms with Gasteiger partial charge in [-0.2, -0.15) is 0 Å². The molecule has 0 saturated carbocycles. The maximum atomic E-state index is 12.2. The first-order valence-corrected chi connectivity index (χ1v) is 6.16. The van der Waals surface area contributed by atoms with Crippen LogP contribution in [0.4, 0.5) is 5.69 Å². The van der Waals surface area contributed by atoms with Crippen molar-refractivity contribution in [1.29, 1.82) is 0 Å². The molecule has 6 heteroatoms. The van der Waals surface area contributed by atoms with Gasteiger partial charge in [0.2, 0.25) is 0 Å². The molecule has 5 N–H and O–H groups in total. The van der Waals surface area contributed by atoms with Crippen molar-refractivity contribution in [3.05, 3.63) is 23.8 Å². The number of benzene rings is 1. The normalized spacial score (nSPS) is 17.9. The number of hydrogen-bond acceptors (Lipinski definition) is 5. The molecule has 6 nitrogen and oxygen atoms in total. The van der Waals surface area contributed by atoms with Crippen molar-refractivity contribution in [2.45, 2.75) is 18.4 Å². The number of anilines is 1. The van der Waals surface area contributed by atoms with Crippen LogP contribution in [0.25, 0.3) is 0 Å². The van der Waals surface area contributed by atoms with Crippen molar-refractivity contribution in [1.82, 2.24) is 5.32 Å². The van der Waals surface area contributed by atoms with Gasteiger partial charge < -0.3 is 26.0 Å². The Bertz CT molecular complexity index is 470. The fraction of sp³-hybridized carbons (Fsp3) is 0.462. The lowest BCUT2D eigenvalue weighted by molar-refractivity contribution is 0.0125. The molecule has 0 atom stereocenters. The van der Waals surface area contributed by atoms with Crippen molar-refractivity contribution in [2.75, 3.05) is 25.6 Å². The summed E-state index contributed by atoms with van der Waals surface area (Å²) in [5.41, 5.74) is 5.54. The van der Waals surface area contributed by atoms with E-state index in [1.54, 1.807) is 0 Å². The number of rotatable bonds is 3. The van der Waals surface area contributed by atoms with Crippen molar-refractivity contribution >= 4 is 11.6 Å². The van der Waals surface area contributed by atoms with Crippen LogP contribution in [0.3, 0.4) is 0 Å². The number of phenols is 1. The zero-order chi connectivity index (χ0) is 13.9. The lowest BCUT2D eigenvalue weighted by atomic mass is 9.90. The highest BCUT2D eigenvalue weighted by molar-refractivity contribution is 6.00. The largest absolute Gasteiger partial charge is 0.508 e. The summed E-state index contributed by atoms with van der Waals surface area (Å²) >= 11 is 0. The Balaban J connectivity index is 2.17. The van der Waals surface area contributed by atoms with Gasteiger partial charge in [-0.15, -0.1) is 0 Å². The number of nitrogens with two attached hydrogens (primary N) is 1. The first-order valence-electron chi connectivity index (χ1n) is 6.16.